The summed E-state index contributed by atoms with van der Waals surface area (Å²) in [7, 11) is 0. The number of alkyl halides is 3. The van der Waals surface area contributed by atoms with Gasteiger partial charge in [0.15, 0.2) is 0 Å². The first-order valence-electron chi connectivity index (χ1n) is 6.18. The van der Waals surface area contributed by atoms with Crippen LogP contribution in [0.2, 0.25) is 0 Å². The van der Waals surface area contributed by atoms with Crippen molar-refractivity contribution in [2.75, 3.05) is 5.32 Å². The first-order chi connectivity index (χ1) is 9.93. The maximum Gasteiger partial charge on any atom is 0.416 e. The zero-order valence-electron chi connectivity index (χ0n) is 10.7. The molecule has 3 rings (SSSR count). The van der Waals surface area contributed by atoms with E-state index < -0.39 is 17.8 Å². The van der Waals surface area contributed by atoms with Gasteiger partial charge in [0.2, 0.25) is 0 Å². The third kappa shape index (κ3) is 2.69. The molecule has 2 aromatic carbocycles. The predicted octanol–water partition coefficient (Wildman–Crippen LogP) is 4.43. The lowest BCUT2D eigenvalue weighted by molar-refractivity contribution is -0.137. The van der Waals surface area contributed by atoms with Crippen molar-refractivity contribution in [3.63, 3.8) is 0 Å². The second kappa shape index (κ2) is 4.80. The van der Waals surface area contributed by atoms with Crippen LogP contribution in [0, 0.1) is 0 Å². The summed E-state index contributed by atoms with van der Waals surface area (Å²) < 4.78 is 42.4. The van der Waals surface area contributed by atoms with Crippen molar-refractivity contribution in [1.29, 1.82) is 0 Å². The molecule has 0 spiro atoms. The van der Waals surface area contributed by atoms with Gasteiger partial charge in [-0.1, -0.05) is 18.2 Å². The second-order valence-corrected chi connectivity index (χ2v) is 4.65. The van der Waals surface area contributed by atoms with Gasteiger partial charge in [-0.05, 0) is 35.4 Å². The van der Waals surface area contributed by atoms with Gasteiger partial charge in [0.25, 0.3) is 0 Å². The van der Waals surface area contributed by atoms with E-state index in [1.54, 1.807) is 18.2 Å². The van der Waals surface area contributed by atoms with E-state index in [-0.39, 0.29) is 6.61 Å². The number of amides is 1. The molecule has 0 saturated carbocycles. The van der Waals surface area contributed by atoms with E-state index in [9.17, 15) is 18.0 Å². The third-order valence-corrected chi connectivity index (χ3v) is 3.25. The fraction of sp³-hybridized carbons (Fsp3) is 0.133. The Bertz CT molecular complexity index is 693. The molecule has 21 heavy (non-hydrogen) atoms. The average molecular weight is 293 g/mol. The molecule has 0 bridgehead atoms. The van der Waals surface area contributed by atoms with Gasteiger partial charge < -0.3 is 4.74 Å². The van der Waals surface area contributed by atoms with Gasteiger partial charge in [-0.2, -0.15) is 13.2 Å². The lowest BCUT2D eigenvalue weighted by Crippen LogP contribution is -2.20. The Morgan fingerprint density at radius 1 is 1.00 bits per heavy atom. The molecule has 0 atom stereocenters. The average Bonchev–Trinajstić information content (AvgIpc) is 2.46. The van der Waals surface area contributed by atoms with Crippen LogP contribution < -0.4 is 5.32 Å². The Morgan fingerprint density at radius 3 is 2.33 bits per heavy atom. The van der Waals surface area contributed by atoms with Gasteiger partial charge in [0.1, 0.15) is 6.61 Å². The van der Waals surface area contributed by atoms with E-state index in [0.29, 0.717) is 11.3 Å². The van der Waals surface area contributed by atoms with Gasteiger partial charge in [0.05, 0.1) is 11.3 Å². The fourth-order valence-electron chi connectivity index (χ4n) is 2.16. The number of hydrogen-bond acceptors (Lipinski definition) is 2. The highest BCUT2D eigenvalue weighted by Crippen LogP contribution is 2.32. The number of benzene rings is 2. The molecule has 1 amide bonds. The number of carbonyl (C=O) groups is 1. The number of anilines is 1. The number of hydrogen-bond donors (Lipinski definition) is 1. The van der Waals surface area contributed by atoms with Crippen molar-refractivity contribution in [1.82, 2.24) is 0 Å². The summed E-state index contributed by atoms with van der Waals surface area (Å²) in [6.07, 6.45) is -4.85. The predicted molar refractivity (Wildman–Crippen MR) is 70.7 cm³/mol. The highest BCUT2D eigenvalue weighted by Gasteiger charge is 2.30. The molecule has 1 N–H and O–H groups in total. The van der Waals surface area contributed by atoms with Gasteiger partial charge in [-0.3, -0.25) is 5.32 Å². The first-order valence-corrected chi connectivity index (χ1v) is 6.18. The SMILES string of the molecule is O=C1Nc2ccc(-c3ccc(C(F)(F)F)cc3)cc2CO1. The minimum absolute atomic E-state index is 0.148. The van der Waals surface area contributed by atoms with Crippen molar-refractivity contribution >= 4 is 11.8 Å². The molecule has 6 heteroatoms. The van der Waals surface area contributed by atoms with Gasteiger partial charge in [-0.15, -0.1) is 0 Å². The maximum atomic E-state index is 12.5. The minimum atomic E-state index is -4.34. The zero-order chi connectivity index (χ0) is 15.0. The smallest absolute Gasteiger partial charge is 0.416 e. The molecule has 0 aromatic heterocycles. The van der Waals surface area contributed by atoms with Crippen molar-refractivity contribution in [2.45, 2.75) is 12.8 Å². The number of halogens is 3. The molecule has 0 unspecified atom stereocenters. The van der Waals surface area contributed by atoms with Crippen molar-refractivity contribution in [2.24, 2.45) is 0 Å². The number of rotatable bonds is 1. The Morgan fingerprint density at radius 2 is 1.67 bits per heavy atom. The van der Waals surface area contributed by atoms with Crippen LogP contribution in [0.1, 0.15) is 11.1 Å². The van der Waals surface area contributed by atoms with Crippen LogP contribution in [0.4, 0.5) is 23.7 Å². The lowest BCUT2D eigenvalue weighted by atomic mass is 10.0. The van der Waals surface area contributed by atoms with Crippen LogP contribution in [0.3, 0.4) is 0 Å². The van der Waals surface area contributed by atoms with Crippen LogP contribution in [0.5, 0.6) is 0 Å². The number of cyclic esters (lactones) is 1. The van der Waals surface area contributed by atoms with E-state index in [1.165, 1.54) is 12.1 Å². The summed E-state index contributed by atoms with van der Waals surface area (Å²) in [5.41, 5.74) is 2.19. The summed E-state index contributed by atoms with van der Waals surface area (Å²) >= 11 is 0. The molecule has 108 valence electrons. The molecule has 1 aliphatic rings. The summed E-state index contributed by atoms with van der Waals surface area (Å²) in [5, 5.41) is 2.56. The summed E-state index contributed by atoms with van der Waals surface area (Å²) in [5.74, 6) is 0. The maximum absolute atomic E-state index is 12.5. The van der Waals surface area contributed by atoms with Crippen LogP contribution in [-0.4, -0.2) is 6.09 Å². The fourth-order valence-corrected chi connectivity index (χ4v) is 2.16. The Hall–Kier alpha value is -2.50. The molecular formula is C15H10F3NO2. The lowest BCUT2D eigenvalue weighted by Gasteiger charge is -2.18. The Balaban J connectivity index is 1.92. The highest BCUT2D eigenvalue weighted by molar-refractivity contribution is 5.88. The van der Waals surface area contributed by atoms with Gasteiger partial charge >= 0.3 is 12.3 Å². The van der Waals surface area contributed by atoms with E-state index >= 15 is 0 Å². The molecule has 0 radical (unpaired) electrons. The highest BCUT2D eigenvalue weighted by atomic mass is 19.4. The molecular weight excluding hydrogens is 283 g/mol. The number of ether oxygens (including phenoxy) is 1. The molecule has 1 aliphatic heterocycles. The van der Waals surface area contributed by atoms with Gasteiger partial charge in [-0.25, -0.2) is 4.79 Å². The molecule has 1 heterocycles. The van der Waals surface area contributed by atoms with Crippen LogP contribution in [0.25, 0.3) is 11.1 Å². The quantitative estimate of drug-likeness (QED) is 0.844. The first kappa shape index (κ1) is 13.5. The zero-order valence-corrected chi connectivity index (χ0v) is 10.7. The van der Waals surface area contributed by atoms with E-state index in [1.807, 2.05) is 0 Å². The number of carbonyl (C=O) groups excluding carboxylic acids is 1. The van der Waals surface area contributed by atoms with Crippen molar-refractivity contribution in [3.05, 3.63) is 53.6 Å². The molecule has 0 aliphatic carbocycles. The van der Waals surface area contributed by atoms with E-state index in [2.05, 4.69) is 5.32 Å². The topological polar surface area (TPSA) is 38.3 Å². The molecule has 0 saturated heterocycles. The summed E-state index contributed by atoms with van der Waals surface area (Å²) in [6.45, 7) is 0.148. The minimum Gasteiger partial charge on any atom is -0.444 e. The number of fused-ring (bicyclic) bond motifs is 1. The molecule has 3 nitrogen and oxygen atoms in total. The van der Waals surface area contributed by atoms with Crippen LogP contribution in [-0.2, 0) is 17.5 Å². The Kier molecular flexibility index (Phi) is 3.08. The second-order valence-electron chi connectivity index (χ2n) is 4.65. The van der Waals surface area contributed by atoms with Crippen molar-refractivity contribution in [3.8, 4) is 11.1 Å². The molecule has 2 aromatic rings. The summed E-state index contributed by atoms with van der Waals surface area (Å²) in [4.78, 5) is 11.1. The standard InChI is InChI=1S/C15H10F3NO2/c16-15(17,18)12-4-1-9(2-5-12)10-3-6-13-11(7-10)8-21-14(20)19-13/h1-7H,8H2,(H,19,20). The molecule has 0 fully saturated rings. The monoisotopic (exact) mass is 293 g/mol. The summed E-state index contributed by atoms with van der Waals surface area (Å²) in [6, 6.07) is 10.2. The van der Waals surface area contributed by atoms with Gasteiger partial charge in [0, 0.05) is 5.56 Å². The van der Waals surface area contributed by atoms with Crippen LogP contribution >= 0.6 is 0 Å². The normalized spacial score (nSPS) is 14.1. The van der Waals surface area contributed by atoms with E-state index in [4.69, 9.17) is 4.74 Å². The van der Waals surface area contributed by atoms with Crippen molar-refractivity contribution < 1.29 is 22.7 Å². The largest absolute Gasteiger partial charge is 0.444 e. The third-order valence-electron chi connectivity index (χ3n) is 3.25. The number of nitrogens with one attached hydrogen (secondary N) is 1. The van der Waals surface area contributed by atoms with E-state index in [0.717, 1.165) is 23.3 Å². The Labute approximate surface area is 118 Å². The van der Waals surface area contributed by atoms with Crippen LogP contribution in [0.15, 0.2) is 42.5 Å².